The van der Waals surface area contributed by atoms with Gasteiger partial charge in [-0.2, -0.15) is 0 Å². The molecule has 0 saturated heterocycles. The second-order valence-electron chi connectivity index (χ2n) is 4.36. The number of hydrogen-bond acceptors (Lipinski definition) is 2. The number of nitrogens with zero attached hydrogens (tertiary/aromatic N) is 1. The lowest BCUT2D eigenvalue weighted by atomic mass is 10.1. The Morgan fingerprint density at radius 3 is 2.60 bits per heavy atom. The molecule has 3 rings (SSSR count). The molecule has 1 aromatic heterocycles. The molecule has 0 aliphatic heterocycles. The molecule has 0 spiro atoms. The number of fused-ring (bicyclic) bond motifs is 1. The minimum absolute atomic E-state index is 0.180. The van der Waals surface area contributed by atoms with Gasteiger partial charge in [-0.05, 0) is 51.0 Å². The fourth-order valence-corrected chi connectivity index (χ4v) is 2.45. The highest BCUT2D eigenvalue weighted by Crippen LogP contribution is 2.20. The van der Waals surface area contributed by atoms with Crippen LogP contribution in [-0.4, -0.2) is 10.9 Å². The first-order valence-electron chi connectivity index (χ1n) is 6.15. The first-order valence-corrected chi connectivity index (χ1v) is 6.94. The molecule has 0 bridgehead atoms. The monoisotopic (exact) mass is 326 g/mol. The van der Waals surface area contributed by atoms with E-state index in [1.165, 1.54) is 0 Å². The van der Waals surface area contributed by atoms with Gasteiger partial charge in [0.15, 0.2) is 0 Å². The van der Waals surface area contributed by atoms with Crippen LogP contribution < -0.4 is 5.32 Å². The second kappa shape index (κ2) is 5.43. The van der Waals surface area contributed by atoms with E-state index in [4.69, 9.17) is 0 Å². The third-order valence-electron chi connectivity index (χ3n) is 3.01. The van der Waals surface area contributed by atoms with Gasteiger partial charge in [-0.15, -0.1) is 0 Å². The van der Waals surface area contributed by atoms with E-state index in [0.717, 1.165) is 16.5 Å². The molecular formula is C16H11BrN2O. The average molecular weight is 327 g/mol. The summed E-state index contributed by atoms with van der Waals surface area (Å²) in [6, 6.07) is 17.3. The SMILES string of the molecule is O=C(Nc1ccc2ccccc2c1)c1cccnc1Br. The summed E-state index contributed by atoms with van der Waals surface area (Å²) in [4.78, 5) is 16.2. The third-order valence-corrected chi connectivity index (χ3v) is 3.64. The standard InChI is InChI=1S/C16H11BrN2O/c17-15-14(6-3-9-18-15)16(20)19-13-8-7-11-4-1-2-5-12(11)10-13/h1-10H,(H,19,20). The lowest BCUT2D eigenvalue weighted by molar-refractivity contribution is 0.102. The van der Waals surface area contributed by atoms with Crippen LogP contribution in [0.5, 0.6) is 0 Å². The number of nitrogens with one attached hydrogen (secondary N) is 1. The Hall–Kier alpha value is -2.20. The maximum Gasteiger partial charge on any atom is 0.258 e. The van der Waals surface area contributed by atoms with Gasteiger partial charge in [0.2, 0.25) is 0 Å². The Morgan fingerprint density at radius 2 is 1.80 bits per heavy atom. The lowest BCUT2D eigenvalue weighted by Crippen LogP contribution is -2.12. The topological polar surface area (TPSA) is 42.0 Å². The van der Waals surface area contributed by atoms with Gasteiger partial charge in [0.05, 0.1) is 5.56 Å². The van der Waals surface area contributed by atoms with Gasteiger partial charge in [0.1, 0.15) is 4.60 Å². The minimum atomic E-state index is -0.180. The van der Waals surface area contributed by atoms with E-state index in [-0.39, 0.29) is 5.91 Å². The summed E-state index contributed by atoms with van der Waals surface area (Å²) in [5.74, 6) is -0.180. The molecule has 0 aliphatic carbocycles. The molecule has 20 heavy (non-hydrogen) atoms. The maximum absolute atomic E-state index is 12.2. The zero-order valence-corrected chi connectivity index (χ0v) is 12.1. The molecule has 98 valence electrons. The fourth-order valence-electron chi connectivity index (χ4n) is 2.02. The number of aromatic nitrogens is 1. The van der Waals surface area contributed by atoms with Crippen molar-refractivity contribution in [2.24, 2.45) is 0 Å². The van der Waals surface area contributed by atoms with Crippen molar-refractivity contribution in [3.8, 4) is 0 Å². The van der Waals surface area contributed by atoms with Crippen LogP contribution in [0.4, 0.5) is 5.69 Å². The molecular weight excluding hydrogens is 316 g/mol. The number of amides is 1. The highest BCUT2D eigenvalue weighted by molar-refractivity contribution is 9.10. The second-order valence-corrected chi connectivity index (χ2v) is 5.11. The van der Waals surface area contributed by atoms with E-state index in [1.807, 2.05) is 42.5 Å². The predicted molar refractivity (Wildman–Crippen MR) is 83.8 cm³/mol. The van der Waals surface area contributed by atoms with Crippen molar-refractivity contribution in [1.29, 1.82) is 0 Å². The number of anilines is 1. The Morgan fingerprint density at radius 1 is 1.00 bits per heavy atom. The van der Waals surface area contributed by atoms with E-state index in [0.29, 0.717) is 10.2 Å². The Bertz CT molecular complexity index is 786. The van der Waals surface area contributed by atoms with Crippen LogP contribution in [0, 0.1) is 0 Å². The van der Waals surface area contributed by atoms with Crippen LogP contribution in [0.25, 0.3) is 10.8 Å². The van der Waals surface area contributed by atoms with Crippen LogP contribution in [-0.2, 0) is 0 Å². The molecule has 0 unspecified atom stereocenters. The van der Waals surface area contributed by atoms with Crippen molar-refractivity contribution in [3.05, 3.63) is 71.0 Å². The number of rotatable bonds is 2. The summed E-state index contributed by atoms with van der Waals surface area (Å²) in [6.07, 6.45) is 1.64. The third kappa shape index (κ3) is 2.56. The Balaban J connectivity index is 1.89. The number of carbonyl (C=O) groups is 1. The van der Waals surface area contributed by atoms with E-state index in [2.05, 4.69) is 26.2 Å². The van der Waals surface area contributed by atoms with Gasteiger partial charge in [-0.1, -0.05) is 30.3 Å². The van der Waals surface area contributed by atoms with Gasteiger partial charge in [0, 0.05) is 11.9 Å². The number of halogens is 1. The Labute approximate surface area is 124 Å². The summed E-state index contributed by atoms with van der Waals surface area (Å²) < 4.78 is 0.540. The number of hydrogen-bond donors (Lipinski definition) is 1. The molecule has 1 N–H and O–H groups in total. The molecule has 2 aromatic carbocycles. The molecule has 0 fully saturated rings. The Kier molecular flexibility index (Phi) is 3.48. The summed E-state index contributed by atoms with van der Waals surface area (Å²) in [5.41, 5.74) is 1.28. The fraction of sp³-hybridized carbons (Fsp3) is 0. The first-order chi connectivity index (χ1) is 9.74. The van der Waals surface area contributed by atoms with E-state index >= 15 is 0 Å². The van der Waals surface area contributed by atoms with Crippen molar-refractivity contribution in [2.75, 3.05) is 5.32 Å². The molecule has 1 amide bonds. The smallest absolute Gasteiger partial charge is 0.258 e. The van der Waals surface area contributed by atoms with Crippen LogP contribution in [0.15, 0.2) is 65.4 Å². The van der Waals surface area contributed by atoms with Crippen molar-refractivity contribution in [2.45, 2.75) is 0 Å². The molecule has 3 aromatic rings. The zero-order valence-electron chi connectivity index (χ0n) is 10.5. The van der Waals surface area contributed by atoms with Crippen molar-refractivity contribution < 1.29 is 4.79 Å². The van der Waals surface area contributed by atoms with Crippen molar-refractivity contribution in [1.82, 2.24) is 4.98 Å². The van der Waals surface area contributed by atoms with E-state index < -0.39 is 0 Å². The quantitative estimate of drug-likeness (QED) is 0.715. The number of carbonyl (C=O) groups excluding carboxylic acids is 1. The maximum atomic E-state index is 12.2. The van der Waals surface area contributed by atoms with Crippen LogP contribution >= 0.6 is 15.9 Å². The largest absolute Gasteiger partial charge is 0.322 e. The normalized spacial score (nSPS) is 10.4. The van der Waals surface area contributed by atoms with E-state index in [9.17, 15) is 4.79 Å². The van der Waals surface area contributed by atoms with Crippen LogP contribution in [0.3, 0.4) is 0 Å². The number of pyridine rings is 1. The molecule has 1 heterocycles. The first kappa shape index (κ1) is 12.8. The van der Waals surface area contributed by atoms with Gasteiger partial charge < -0.3 is 5.32 Å². The van der Waals surface area contributed by atoms with Gasteiger partial charge >= 0.3 is 0 Å². The molecule has 0 atom stereocenters. The van der Waals surface area contributed by atoms with Gasteiger partial charge in [-0.3, -0.25) is 4.79 Å². The lowest BCUT2D eigenvalue weighted by Gasteiger charge is -2.07. The molecule has 3 nitrogen and oxygen atoms in total. The van der Waals surface area contributed by atoms with E-state index in [1.54, 1.807) is 18.3 Å². The average Bonchev–Trinajstić information content (AvgIpc) is 2.47. The summed E-state index contributed by atoms with van der Waals surface area (Å²) in [7, 11) is 0. The van der Waals surface area contributed by atoms with Crippen molar-refractivity contribution in [3.63, 3.8) is 0 Å². The van der Waals surface area contributed by atoms with Crippen LogP contribution in [0.1, 0.15) is 10.4 Å². The molecule has 0 saturated carbocycles. The van der Waals surface area contributed by atoms with Gasteiger partial charge in [0.25, 0.3) is 5.91 Å². The highest BCUT2D eigenvalue weighted by atomic mass is 79.9. The zero-order chi connectivity index (χ0) is 13.9. The highest BCUT2D eigenvalue weighted by Gasteiger charge is 2.10. The molecule has 0 radical (unpaired) electrons. The molecule has 0 aliphatic rings. The predicted octanol–water partition coefficient (Wildman–Crippen LogP) is 4.25. The van der Waals surface area contributed by atoms with Crippen LogP contribution in [0.2, 0.25) is 0 Å². The number of benzene rings is 2. The summed E-state index contributed by atoms with van der Waals surface area (Å²) >= 11 is 3.28. The van der Waals surface area contributed by atoms with Gasteiger partial charge in [-0.25, -0.2) is 4.98 Å². The summed E-state index contributed by atoms with van der Waals surface area (Å²) in [5, 5.41) is 5.12. The summed E-state index contributed by atoms with van der Waals surface area (Å²) in [6.45, 7) is 0. The minimum Gasteiger partial charge on any atom is -0.322 e. The van der Waals surface area contributed by atoms with Crippen molar-refractivity contribution >= 4 is 38.3 Å². The molecule has 4 heteroatoms.